The number of hydrogen-bond donors (Lipinski definition) is 3. The zero-order valence-electron chi connectivity index (χ0n) is 10.6. The molecule has 0 aromatic heterocycles. The van der Waals surface area contributed by atoms with E-state index in [0.717, 1.165) is 0 Å². The minimum atomic E-state index is -5.26. The fourth-order valence-corrected chi connectivity index (χ4v) is 0.941. The van der Waals surface area contributed by atoms with Crippen LogP contribution in [0.1, 0.15) is 6.92 Å². The minimum absolute atomic E-state index is 0.231. The van der Waals surface area contributed by atoms with E-state index < -0.39 is 49.7 Å². The van der Waals surface area contributed by atoms with Crippen LogP contribution in [0.2, 0.25) is 0 Å². The summed E-state index contributed by atoms with van der Waals surface area (Å²) in [4.78, 5) is 21.7. The fourth-order valence-electron chi connectivity index (χ4n) is 0.941. The summed E-state index contributed by atoms with van der Waals surface area (Å²) in [7, 11) is 0. The largest absolute Gasteiger partial charge is 0.479 e. The minimum Gasteiger partial charge on any atom is -0.479 e. The van der Waals surface area contributed by atoms with Gasteiger partial charge < -0.3 is 20.5 Å². The topological polar surface area (TPSA) is 87.7 Å². The summed E-state index contributed by atoms with van der Waals surface area (Å²) >= 11 is 0. The van der Waals surface area contributed by atoms with Gasteiger partial charge in [-0.05, 0) is 6.92 Å². The summed E-state index contributed by atoms with van der Waals surface area (Å²) in [5, 5.41) is 11.4. The Morgan fingerprint density at radius 3 is 2.05 bits per heavy atom. The van der Waals surface area contributed by atoms with Gasteiger partial charge in [-0.2, -0.15) is 26.3 Å². The predicted octanol–water partition coefficient (Wildman–Crippen LogP) is 1.27. The van der Waals surface area contributed by atoms with Crippen LogP contribution in [-0.2, 0) is 9.53 Å². The summed E-state index contributed by atoms with van der Waals surface area (Å²) in [5.41, 5.74) is -3.52. The Morgan fingerprint density at radius 2 is 1.67 bits per heavy atom. The van der Waals surface area contributed by atoms with Gasteiger partial charge in [0, 0.05) is 6.54 Å². The van der Waals surface area contributed by atoms with Crippen molar-refractivity contribution in [3.8, 4) is 0 Å². The Bertz CT molecular complexity index is 383. The molecule has 0 saturated heterocycles. The molecule has 124 valence electrons. The molecule has 1 atom stereocenters. The molecule has 0 rings (SSSR count). The normalized spacial score (nSPS) is 15.2. The molecule has 0 aromatic rings. The predicted molar refractivity (Wildman–Crippen MR) is 55.5 cm³/mol. The first-order valence-corrected chi connectivity index (χ1v) is 5.30. The van der Waals surface area contributed by atoms with E-state index in [2.05, 4.69) is 4.74 Å². The highest BCUT2D eigenvalue weighted by molar-refractivity contribution is 5.86. The molecule has 0 fully saturated rings. The van der Waals surface area contributed by atoms with Crippen molar-refractivity contribution in [1.29, 1.82) is 0 Å². The van der Waals surface area contributed by atoms with Crippen LogP contribution in [0.4, 0.5) is 31.1 Å². The van der Waals surface area contributed by atoms with Crippen molar-refractivity contribution in [3.05, 3.63) is 0 Å². The third kappa shape index (κ3) is 6.51. The van der Waals surface area contributed by atoms with Crippen molar-refractivity contribution < 1.29 is 45.8 Å². The average Bonchev–Trinajstić information content (AvgIpc) is 2.24. The average molecular weight is 326 g/mol. The van der Waals surface area contributed by atoms with Crippen molar-refractivity contribution in [1.82, 2.24) is 10.6 Å². The number of alkyl halides is 6. The van der Waals surface area contributed by atoms with Crippen molar-refractivity contribution in [2.45, 2.75) is 24.8 Å². The van der Waals surface area contributed by atoms with Gasteiger partial charge in [-0.25, -0.2) is 9.59 Å². The highest BCUT2D eigenvalue weighted by Crippen LogP contribution is 2.30. The number of carboxylic acid groups (broad SMARTS) is 1. The number of halogens is 6. The second kappa shape index (κ2) is 6.83. The van der Waals surface area contributed by atoms with Gasteiger partial charge in [-0.3, -0.25) is 0 Å². The molecular weight excluding hydrogens is 314 g/mol. The molecule has 2 amide bonds. The van der Waals surface area contributed by atoms with Gasteiger partial charge in [-0.15, -0.1) is 0 Å². The first-order chi connectivity index (χ1) is 9.29. The molecule has 1 unspecified atom stereocenters. The van der Waals surface area contributed by atoms with Crippen LogP contribution in [0.25, 0.3) is 0 Å². The number of urea groups is 1. The second-order valence-corrected chi connectivity index (χ2v) is 3.98. The van der Waals surface area contributed by atoms with Gasteiger partial charge in [0.1, 0.15) is 6.61 Å². The standard InChI is InChI=1S/C9H12F6N2O4/c1-7(5(18)19,9(13,14)15)17-6(20)16-2-3-21-4-8(10,11)12/h2-4H2,1H3,(H,18,19)(H2,16,17,20). The second-order valence-electron chi connectivity index (χ2n) is 3.98. The molecule has 6 nitrogen and oxygen atoms in total. The van der Waals surface area contributed by atoms with Gasteiger partial charge >= 0.3 is 24.4 Å². The van der Waals surface area contributed by atoms with Crippen LogP contribution >= 0.6 is 0 Å². The van der Waals surface area contributed by atoms with Gasteiger partial charge in [-0.1, -0.05) is 0 Å². The van der Waals surface area contributed by atoms with Crippen LogP contribution in [0.3, 0.4) is 0 Å². The van der Waals surface area contributed by atoms with Crippen molar-refractivity contribution in [2.75, 3.05) is 19.8 Å². The molecule has 0 aliphatic rings. The molecule has 0 heterocycles. The Hall–Kier alpha value is -1.72. The number of carbonyl (C=O) groups is 2. The highest BCUT2D eigenvalue weighted by atomic mass is 19.4. The van der Waals surface area contributed by atoms with E-state index in [4.69, 9.17) is 5.11 Å². The maximum absolute atomic E-state index is 12.5. The van der Waals surface area contributed by atoms with Crippen molar-refractivity contribution in [2.24, 2.45) is 0 Å². The van der Waals surface area contributed by atoms with E-state index in [1.54, 1.807) is 5.32 Å². The SMILES string of the molecule is CC(NC(=O)NCCOCC(F)(F)F)(C(=O)O)C(F)(F)F. The lowest BCUT2D eigenvalue weighted by Gasteiger charge is -2.28. The molecule has 3 N–H and O–H groups in total. The molecule has 0 aliphatic carbocycles. The lowest BCUT2D eigenvalue weighted by atomic mass is 10.0. The number of rotatable bonds is 6. The zero-order valence-corrected chi connectivity index (χ0v) is 10.6. The highest BCUT2D eigenvalue weighted by Gasteiger charge is 2.58. The monoisotopic (exact) mass is 326 g/mol. The number of ether oxygens (including phenoxy) is 1. The molecule has 0 saturated carbocycles. The number of amides is 2. The summed E-state index contributed by atoms with van der Waals surface area (Å²) < 4.78 is 76.6. The molecule has 0 spiro atoms. The van der Waals surface area contributed by atoms with Gasteiger partial charge in [0.25, 0.3) is 0 Å². The Balaban J connectivity index is 4.28. The number of aliphatic carboxylic acids is 1. The third-order valence-corrected chi connectivity index (χ3v) is 2.16. The molecule has 12 heteroatoms. The van der Waals surface area contributed by atoms with Gasteiger partial charge in [0.2, 0.25) is 5.54 Å². The van der Waals surface area contributed by atoms with E-state index in [1.165, 1.54) is 5.32 Å². The van der Waals surface area contributed by atoms with E-state index in [9.17, 15) is 35.9 Å². The molecular formula is C9H12F6N2O4. The van der Waals surface area contributed by atoms with Crippen LogP contribution in [0, 0.1) is 0 Å². The fraction of sp³-hybridized carbons (Fsp3) is 0.778. The number of carboxylic acids is 1. The summed E-state index contributed by atoms with van der Waals surface area (Å²) in [6, 6.07) is -1.51. The third-order valence-electron chi connectivity index (χ3n) is 2.16. The number of hydrogen-bond acceptors (Lipinski definition) is 3. The van der Waals surface area contributed by atoms with Crippen LogP contribution in [0.5, 0.6) is 0 Å². The lowest BCUT2D eigenvalue weighted by molar-refractivity contribution is -0.203. The summed E-state index contributed by atoms with van der Waals surface area (Å²) in [5.74, 6) is -2.33. The van der Waals surface area contributed by atoms with E-state index in [-0.39, 0.29) is 6.92 Å². The quantitative estimate of drug-likeness (QED) is 0.507. The molecule has 0 radical (unpaired) electrons. The van der Waals surface area contributed by atoms with E-state index >= 15 is 0 Å². The maximum atomic E-state index is 12.5. The first-order valence-electron chi connectivity index (χ1n) is 5.30. The molecule has 21 heavy (non-hydrogen) atoms. The molecule has 0 aromatic carbocycles. The summed E-state index contributed by atoms with van der Waals surface area (Å²) in [6.07, 6.45) is -9.83. The van der Waals surface area contributed by atoms with Gasteiger partial charge in [0.15, 0.2) is 0 Å². The molecule has 0 bridgehead atoms. The Morgan fingerprint density at radius 1 is 1.14 bits per heavy atom. The summed E-state index contributed by atoms with van der Waals surface area (Å²) in [6.45, 7) is -2.49. The molecule has 0 aliphatic heterocycles. The number of nitrogens with one attached hydrogen (secondary N) is 2. The smallest absolute Gasteiger partial charge is 0.422 e. The Labute approximate surface area is 114 Å². The van der Waals surface area contributed by atoms with Crippen LogP contribution in [0.15, 0.2) is 0 Å². The van der Waals surface area contributed by atoms with E-state index in [0.29, 0.717) is 0 Å². The van der Waals surface area contributed by atoms with Crippen molar-refractivity contribution in [3.63, 3.8) is 0 Å². The van der Waals surface area contributed by atoms with Crippen molar-refractivity contribution >= 4 is 12.0 Å². The maximum Gasteiger partial charge on any atom is 0.422 e. The van der Waals surface area contributed by atoms with Crippen LogP contribution in [-0.4, -0.2) is 54.8 Å². The Kier molecular flexibility index (Phi) is 6.27. The first kappa shape index (κ1) is 19.3. The van der Waals surface area contributed by atoms with E-state index in [1.807, 2.05) is 0 Å². The van der Waals surface area contributed by atoms with Gasteiger partial charge in [0.05, 0.1) is 6.61 Å². The lowest BCUT2D eigenvalue weighted by Crippen LogP contribution is -2.63. The number of carbonyl (C=O) groups excluding carboxylic acids is 1. The van der Waals surface area contributed by atoms with Crippen LogP contribution < -0.4 is 10.6 Å². The zero-order chi connectivity index (χ0) is 16.9.